The summed E-state index contributed by atoms with van der Waals surface area (Å²) in [6.07, 6.45) is 2.96. The fourth-order valence-corrected chi connectivity index (χ4v) is 11.5. The molecular weight excluding hydrogens is 953 g/mol. The first kappa shape index (κ1) is 51.1. The second kappa shape index (κ2) is 21.6. The summed E-state index contributed by atoms with van der Waals surface area (Å²) in [5.41, 5.74) is 21.0. The number of aliphatic carboxylic acids is 1. The lowest BCUT2D eigenvalue weighted by Crippen LogP contribution is -2.28. The third-order valence-electron chi connectivity index (χ3n) is 12.7. The minimum atomic E-state index is -4.09. The number of fused-ring (bicyclic) bond motifs is 2. The van der Waals surface area contributed by atoms with Crippen LogP contribution in [0.5, 0.6) is 11.5 Å². The second-order valence-electron chi connectivity index (χ2n) is 18.0. The maximum Gasteiger partial charge on any atom is 0.310 e. The van der Waals surface area contributed by atoms with Gasteiger partial charge in [0.1, 0.15) is 24.7 Å². The highest BCUT2D eigenvalue weighted by atomic mass is 32.2. The Morgan fingerprint density at radius 1 is 0.625 bits per heavy atom. The van der Waals surface area contributed by atoms with Crippen LogP contribution in [0.25, 0.3) is 44.1 Å². The minimum Gasteiger partial charge on any atom is -0.489 e. The van der Waals surface area contributed by atoms with Gasteiger partial charge in [-0.1, -0.05) is 72.8 Å². The molecule has 0 amide bonds. The van der Waals surface area contributed by atoms with Gasteiger partial charge in [0.2, 0.25) is 20.0 Å². The van der Waals surface area contributed by atoms with E-state index >= 15 is 0 Å². The van der Waals surface area contributed by atoms with Crippen molar-refractivity contribution in [2.45, 2.75) is 83.3 Å². The van der Waals surface area contributed by atoms with Crippen molar-refractivity contribution >= 4 is 53.8 Å². The van der Waals surface area contributed by atoms with E-state index < -0.39 is 42.6 Å². The average molecular weight is 1010 g/mol. The van der Waals surface area contributed by atoms with Gasteiger partial charge in [-0.15, -0.1) is 0 Å². The Labute approximate surface area is 419 Å². The molecule has 0 radical (unpaired) electrons. The van der Waals surface area contributed by atoms with Crippen molar-refractivity contribution in [1.29, 1.82) is 0 Å². The number of rotatable bonds is 21. The number of carboxylic acid groups (broad SMARTS) is 1. The Kier molecular flexibility index (Phi) is 15.4. The van der Waals surface area contributed by atoms with Gasteiger partial charge < -0.3 is 30.8 Å². The first-order valence-corrected chi connectivity index (χ1v) is 26.7. The Bertz CT molecular complexity index is 3530. The van der Waals surface area contributed by atoms with Crippen molar-refractivity contribution in [3.05, 3.63) is 179 Å². The minimum absolute atomic E-state index is 0.0231. The van der Waals surface area contributed by atoms with E-state index in [2.05, 4.69) is 0 Å². The van der Waals surface area contributed by atoms with Gasteiger partial charge in [-0.3, -0.25) is 9.59 Å². The number of para-hydroxylation sites is 2. The summed E-state index contributed by atoms with van der Waals surface area (Å²) in [5, 5.41) is 9.21. The molecule has 0 aliphatic carbocycles. The van der Waals surface area contributed by atoms with Crippen LogP contribution in [0, 0.1) is 0 Å². The van der Waals surface area contributed by atoms with Gasteiger partial charge in [0.25, 0.3) is 0 Å². The summed E-state index contributed by atoms with van der Waals surface area (Å²) in [6, 6.07) is 39.6. The summed E-state index contributed by atoms with van der Waals surface area (Å²) in [5.74, 6) is -0.470. The number of carbonyl (C=O) groups excluding carboxylic acids is 1. The quantitative estimate of drug-likeness (QED) is 0.0575. The van der Waals surface area contributed by atoms with Crippen LogP contribution in [-0.4, -0.2) is 58.9 Å². The third kappa shape index (κ3) is 11.0. The Hall–Kier alpha value is -7.24. The zero-order chi connectivity index (χ0) is 51.3. The number of carboxylic acids is 1. The van der Waals surface area contributed by atoms with Crippen molar-refractivity contribution in [3.8, 4) is 33.8 Å². The Balaban J connectivity index is 1.10. The van der Waals surface area contributed by atoms with Gasteiger partial charge in [-0.05, 0) is 139 Å². The molecule has 0 saturated heterocycles. The smallest absolute Gasteiger partial charge is 0.310 e. The van der Waals surface area contributed by atoms with Gasteiger partial charge in [0.05, 0.1) is 41.0 Å². The largest absolute Gasteiger partial charge is 0.489 e. The van der Waals surface area contributed by atoms with E-state index in [1.165, 1.54) is 7.94 Å². The monoisotopic (exact) mass is 1010 g/mol. The van der Waals surface area contributed by atoms with Crippen LogP contribution < -0.4 is 20.9 Å². The van der Waals surface area contributed by atoms with E-state index in [-0.39, 0.29) is 45.1 Å². The van der Waals surface area contributed by atoms with Gasteiger partial charge in [-0.2, -0.15) is 0 Å². The first-order chi connectivity index (χ1) is 34.5. The SMILES string of the molecule is CCOC(=O)Cc1ccccc1OCc1cc(-c2cccc(C(N)CC(C)S(=O)(=O)n3ccc4c(-c5cccc(CN)c5)cc(COc5ccccc5CC(=O)O)cc43)c2)c2ccn(S(=O)(=O)C(C)C)c2c1. The van der Waals surface area contributed by atoms with Gasteiger partial charge in [-0.25, -0.2) is 24.8 Å². The summed E-state index contributed by atoms with van der Waals surface area (Å²) >= 11 is 0. The molecule has 14 nitrogen and oxygen atoms in total. The summed E-state index contributed by atoms with van der Waals surface area (Å²) in [6.45, 7) is 7.28. The zero-order valence-corrected chi connectivity index (χ0v) is 42.2. The standard InChI is InChI=1S/C56H58N4O10S2/c1-5-68-56(63)32-45-14-7-9-19-54(45)70-35-40-27-49(47-20-22-59(51(47)28-40)71(64,65)36(2)3)42-16-11-17-43(30-42)50(58)24-37(4)72(66,67)60-23-21-46-48(41-15-10-12-38(25-41)33-57)26-39(29-52(46)60)34-69-53-18-8-6-13-44(53)31-55(61)62/h6-23,25-30,36-37,50H,5,24,31-35,57-58H2,1-4H3,(H,61,62). The fourth-order valence-electron chi connectivity index (χ4n) is 8.91. The summed E-state index contributed by atoms with van der Waals surface area (Å²) in [7, 11) is -7.86. The van der Waals surface area contributed by atoms with Crippen LogP contribution in [0.4, 0.5) is 0 Å². The Morgan fingerprint density at radius 3 is 1.69 bits per heavy atom. The predicted molar refractivity (Wildman–Crippen MR) is 281 cm³/mol. The lowest BCUT2D eigenvalue weighted by atomic mass is 9.95. The van der Waals surface area contributed by atoms with Crippen LogP contribution in [0.3, 0.4) is 0 Å². The van der Waals surface area contributed by atoms with Crippen LogP contribution in [0.1, 0.15) is 73.5 Å². The van der Waals surface area contributed by atoms with Crippen molar-refractivity contribution in [2.75, 3.05) is 6.61 Å². The normalized spacial score (nSPS) is 12.8. The predicted octanol–water partition coefficient (Wildman–Crippen LogP) is 9.52. The lowest BCUT2D eigenvalue weighted by Gasteiger charge is -2.21. The molecule has 0 aliphatic rings. The number of ether oxygens (including phenoxy) is 3. The highest BCUT2D eigenvalue weighted by molar-refractivity contribution is 7.91. The number of benzene rings is 6. The first-order valence-electron chi connectivity index (χ1n) is 23.7. The third-order valence-corrected chi connectivity index (χ3v) is 16.9. The number of nitrogens with two attached hydrogens (primary N) is 2. The van der Waals surface area contributed by atoms with Crippen LogP contribution >= 0.6 is 0 Å². The van der Waals surface area contributed by atoms with Crippen LogP contribution in [0.2, 0.25) is 0 Å². The molecule has 6 aromatic carbocycles. The van der Waals surface area contributed by atoms with Gasteiger partial charge in [0.15, 0.2) is 0 Å². The van der Waals surface area contributed by atoms with E-state index in [4.69, 9.17) is 25.7 Å². The maximum atomic E-state index is 14.7. The van der Waals surface area contributed by atoms with E-state index in [1.54, 1.807) is 101 Å². The van der Waals surface area contributed by atoms with Crippen molar-refractivity contribution < 1.29 is 45.7 Å². The molecule has 5 N–H and O–H groups in total. The maximum absolute atomic E-state index is 14.7. The molecule has 0 saturated carbocycles. The molecule has 16 heteroatoms. The lowest BCUT2D eigenvalue weighted by molar-refractivity contribution is -0.142. The topological polar surface area (TPSA) is 212 Å². The molecule has 2 heterocycles. The molecule has 72 heavy (non-hydrogen) atoms. The second-order valence-corrected chi connectivity index (χ2v) is 22.6. The molecule has 0 fully saturated rings. The number of aromatic nitrogens is 2. The van der Waals surface area contributed by atoms with Gasteiger partial charge in [0, 0.05) is 46.9 Å². The van der Waals surface area contributed by atoms with Crippen LogP contribution in [0.15, 0.2) is 146 Å². The van der Waals surface area contributed by atoms with E-state index in [0.29, 0.717) is 67.7 Å². The molecular formula is C56H58N4O10S2. The number of esters is 1. The summed E-state index contributed by atoms with van der Waals surface area (Å²) in [4.78, 5) is 24.0. The fraction of sp³-hybridized carbons (Fsp3) is 0.250. The molecule has 0 spiro atoms. The molecule has 0 aliphatic heterocycles. The van der Waals surface area contributed by atoms with Gasteiger partial charge >= 0.3 is 11.9 Å². The molecule has 374 valence electrons. The van der Waals surface area contributed by atoms with E-state index in [9.17, 15) is 31.5 Å². The molecule has 2 atom stereocenters. The molecule has 0 bridgehead atoms. The highest BCUT2D eigenvalue weighted by Gasteiger charge is 2.29. The van der Waals surface area contributed by atoms with Crippen molar-refractivity contribution in [3.63, 3.8) is 0 Å². The number of carbonyl (C=O) groups is 2. The molecule has 2 unspecified atom stereocenters. The van der Waals surface area contributed by atoms with Crippen molar-refractivity contribution in [1.82, 2.24) is 7.94 Å². The average Bonchev–Trinajstić information content (AvgIpc) is 4.01. The number of hydrogen-bond acceptors (Lipinski definition) is 11. The molecule has 2 aromatic heterocycles. The zero-order valence-electron chi connectivity index (χ0n) is 40.5. The number of hydrogen-bond donors (Lipinski definition) is 3. The Morgan fingerprint density at radius 2 is 1.15 bits per heavy atom. The molecule has 8 rings (SSSR count). The van der Waals surface area contributed by atoms with E-state index in [0.717, 1.165) is 27.8 Å². The number of nitrogens with zero attached hydrogens (tertiary/aromatic N) is 2. The summed E-state index contributed by atoms with van der Waals surface area (Å²) < 4.78 is 77.1. The highest BCUT2D eigenvalue weighted by Crippen LogP contribution is 2.37. The van der Waals surface area contributed by atoms with Crippen LogP contribution in [-0.2, 0) is 67.0 Å². The molecule has 8 aromatic rings. The van der Waals surface area contributed by atoms with Crippen molar-refractivity contribution in [2.24, 2.45) is 11.5 Å². The van der Waals surface area contributed by atoms with E-state index in [1.807, 2.05) is 72.8 Å².